The van der Waals surface area contributed by atoms with Crippen molar-refractivity contribution in [1.82, 2.24) is 14.0 Å². The number of nitrogens with zero attached hydrogens (tertiary/aromatic N) is 3. The van der Waals surface area contributed by atoms with Crippen LogP contribution in [0.5, 0.6) is 0 Å². The molecule has 0 unspecified atom stereocenters. The molecule has 0 aliphatic carbocycles. The van der Waals surface area contributed by atoms with Crippen LogP contribution in [0.25, 0.3) is 22.2 Å². The van der Waals surface area contributed by atoms with E-state index in [0.717, 1.165) is 35.0 Å². The molecule has 1 N–H and O–H groups in total. The van der Waals surface area contributed by atoms with Crippen LogP contribution in [0.2, 0.25) is 0 Å². The molecule has 4 aromatic carbocycles. The molecule has 1 aliphatic heterocycles. The molecule has 1 saturated heterocycles. The number of anilines is 1. The molecule has 0 bridgehead atoms. The summed E-state index contributed by atoms with van der Waals surface area (Å²) in [4.78, 5) is 40.3. The number of halogens is 1. The minimum Gasteiger partial charge on any atom is -0.339 e. The van der Waals surface area contributed by atoms with Gasteiger partial charge in [0.15, 0.2) is 0 Å². The van der Waals surface area contributed by atoms with E-state index in [-0.39, 0.29) is 30.0 Å². The number of amides is 2. The summed E-state index contributed by atoms with van der Waals surface area (Å²) in [5.41, 5.74) is 4.68. The van der Waals surface area contributed by atoms with Crippen LogP contribution in [0.15, 0.2) is 102 Å². The number of para-hydroxylation sites is 2. The largest absolute Gasteiger partial charge is 0.339 e. The van der Waals surface area contributed by atoms with E-state index in [1.807, 2.05) is 78.9 Å². The molecule has 1 fully saturated rings. The number of carbonyl (C=O) groups is 2. The van der Waals surface area contributed by atoms with Gasteiger partial charge in [-0.05, 0) is 66.3 Å². The molecule has 0 saturated carbocycles. The zero-order valence-electron chi connectivity index (χ0n) is 23.3. The van der Waals surface area contributed by atoms with E-state index >= 15 is 0 Å². The van der Waals surface area contributed by atoms with Gasteiger partial charge in [-0.15, -0.1) is 0 Å². The van der Waals surface area contributed by atoms with Crippen molar-refractivity contribution in [3.8, 4) is 11.1 Å². The van der Waals surface area contributed by atoms with Gasteiger partial charge >= 0.3 is 5.69 Å². The van der Waals surface area contributed by atoms with Crippen LogP contribution in [-0.4, -0.2) is 38.9 Å². The van der Waals surface area contributed by atoms with Gasteiger partial charge < -0.3 is 10.2 Å². The fourth-order valence-corrected chi connectivity index (χ4v) is 5.80. The summed E-state index contributed by atoms with van der Waals surface area (Å²) in [7, 11) is 1.70. The van der Waals surface area contributed by atoms with Crippen LogP contribution in [0.3, 0.4) is 0 Å². The normalized spacial score (nSPS) is 13.8. The summed E-state index contributed by atoms with van der Waals surface area (Å²) in [6, 6.07) is 29.1. The van der Waals surface area contributed by atoms with Crippen molar-refractivity contribution in [2.24, 2.45) is 7.05 Å². The first-order valence-electron chi connectivity index (χ1n) is 14.1. The number of rotatable bonds is 6. The molecule has 0 radical (unpaired) electrons. The van der Waals surface area contributed by atoms with E-state index < -0.39 is 5.82 Å². The standard InChI is InChI=1S/C34H31FN4O3/c1-37-30-9-5-6-10-31(30)39(34(37)42)22-32(40)36-27-14-11-23(12-15-27)24-17-19-38(20-18-24)33(41)26-13-16-28(29(35)21-26)25-7-3-2-4-8-25/h2-16,21,24H,17-20,22H2,1H3,(H,36,40). The molecule has 1 aromatic heterocycles. The van der Waals surface area contributed by atoms with Crippen LogP contribution in [0, 0.1) is 5.82 Å². The number of aryl methyl sites for hydroxylation is 1. The highest BCUT2D eigenvalue weighted by molar-refractivity contribution is 5.95. The van der Waals surface area contributed by atoms with Crippen molar-refractivity contribution >= 4 is 28.5 Å². The number of imidazole rings is 1. The number of likely N-dealkylation sites (tertiary alicyclic amines) is 1. The predicted octanol–water partition coefficient (Wildman–Crippen LogP) is 5.80. The molecule has 2 heterocycles. The highest BCUT2D eigenvalue weighted by Gasteiger charge is 2.25. The van der Waals surface area contributed by atoms with Crippen molar-refractivity contribution in [2.45, 2.75) is 25.3 Å². The third-order valence-corrected chi connectivity index (χ3v) is 8.10. The lowest BCUT2D eigenvalue weighted by Crippen LogP contribution is -2.38. The van der Waals surface area contributed by atoms with Gasteiger partial charge in [-0.1, -0.05) is 60.7 Å². The average Bonchev–Trinajstić information content (AvgIpc) is 3.26. The Morgan fingerprint density at radius 3 is 2.21 bits per heavy atom. The van der Waals surface area contributed by atoms with Crippen LogP contribution in [0.4, 0.5) is 10.1 Å². The highest BCUT2D eigenvalue weighted by atomic mass is 19.1. The topological polar surface area (TPSA) is 76.3 Å². The van der Waals surface area contributed by atoms with Crippen molar-refractivity contribution in [3.05, 3.63) is 124 Å². The number of aromatic nitrogens is 2. The van der Waals surface area contributed by atoms with Gasteiger partial charge in [0.1, 0.15) is 12.4 Å². The Hall–Kier alpha value is -4.98. The van der Waals surface area contributed by atoms with Gasteiger partial charge in [0.2, 0.25) is 5.91 Å². The quantitative estimate of drug-likeness (QED) is 0.284. The van der Waals surface area contributed by atoms with E-state index in [0.29, 0.717) is 29.9 Å². The summed E-state index contributed by atoms with van der Waals surface area (Å²) < 4.78 is 17.8. The Kier molecular flexibility index (Phi) is 7.44. The number of hydrogen-bond acceptors (Lipinski definition) is 3. The molecule has 8 heteroatoms. The first-order valence-corrected chi connectivity index (χ1v) is 14.1. The Morgan fingerprint density at radius 1 is 0.857 bits per heavy atom. The van der Waals surface area contributed by atoms with Crippen molar-refractivity contribution < 1.29 is 14.0 Å². The second kappa shape index (κ2) is 11.5. The summed E-state index contributed by atoms with van der Waals surface area (Å²) in [5, 5.41) is 2.89. The predicted molar refractivity (Wildman–Crippen MR) is 162 cm³/mol. The zero-order valence-corrected chi connectivity index (χ0v) is 23.3. The SMILES string of the molecule is Cn1c(=O)n(CC(=O)Nc2ccc(C3CCN(C(=O)c4ccc(-c5ccccc5)c(F)c4)CC3)cc2)c2ccccc21. The maximum absolute atomic E-state index is 14.8. The Morgan fingerprint density at radius 2 is 1.52 bits per heavy atom. The zero-order chi connectivity index (χ0) is 29.2. The van der Waals surface area contributed by atoms with Gasteiger partial charge in [-0.3, -0.25) is 18.7 Å². The Bertz CT molecular complexity index is 1820. The monoisotopic (exact) mass is 562 g/mol. The Labute approximate surface area is 242 Å². The summed E-state index contributed by atoms with van der Waals surface area (Å²) >= 11 is 0. The maximum atomic E-state index is 14.8. The first-order chi connectivity index (χ1) is 20.4. The number of piperidine rings is 1. The third kappa shape index (κ3) is 5.35. The molecule has 0 spiro atoms. The van der Waals surface area contributed by atoms with Crippen molar-refractivity contribution in [3.63, 3.8) is 0 Å². The molecular weight excluding hydrogens is 531 g/mol. The molecule has 2 amide bonds. The second-order valence-electron chi connectivity index (χ2n) is 10.7. The average molecular weight is 563 g/mol. The summed E-state index contributed by atoms with van der Waals surface area (Å²) in [6.45, 7) is 1.10. The van der Waals surface area contributed by atoms with Gasteiger partial charge in [0.05, 0.1) is 11.0 Å². The molecule has 0 atom stereocenters. The van der Waals surface area contributed by atoms with Crippen molar-refractivity contribution in [2.75, 3.05) is 18.4 Å². The van der Waals surface area contributed by atoms with Gasteiger partial charge in [-0.2, -0.15) is 0 Å². The maximum Gasteiger partial charge on any atom is 0.329 e. The van der Waals surface area contributed by atoms with Gasteiger partial charge in [0, 0.05) is 37.0 Å². The molecule has 5 aromatic rings. The van der Waals surface area contributed by atoms with Crippen LogP contribution in [-0.2, 0) is 18.4 Å². The number of hydrogen-bond donors (Lipinski definition) is 1. The van der Waals surface area contributed by atoms with Gasteiger partial charge in [0.25, 0.3) is 5.91 Å². The minimum absolute atomic E-state index is 0.0761. The lowest BCUT2D eigenvalue weighted by atomic mass is 9.89. The van der Waals surface area contributed by atoms with Crippen LogP contribution >= 0.6 is 0 Å². The molecule has 212 valence electrons. The number of fused-ring (bicyclic) bond motifs is 1. The summed E-state index contributed by atoms with van der Waals surface area (Å²) in [6.07, 6.45) is 1.60. The van der Waals surface area contributed by atoms with Gasteiger partial charge in [-0.25, -0.2) is 9.18 Å². The smallest absolute Gasteiger partial charge is 0.329 e. The fourth-order valence-electron chi connectivity index (χ4n) is 5.80. The molecular formula is C34H31FN4O3. The van der Waals surface area contributed by atoms with Crippen molar-refractivity contribution in [1.29, 1.82) is 0 Å². The van der Waals surface area contributed by atoms with E-state index in [1.165, 1.54) is 15.2 Å². The first kappa shape index (κ1) is 27.2. The second-order valence-corrected chi connectivity index (χ2v) is 10.7. The van der Waals surface area contributed by atoms with E-state index in [9.17, 15) is 18.8 Å². The fraction of sp³-hybridized carbons (Fsp3) is 0.206. The lowest BCUT2D eigenvalue weighted by Gasteiger charge is -2.32. The number of carbonyl (C=O) groups excluding carboxylic acids is 2. The minimum atomic E-state index is -0.404. The summed E-state index contributed by atoms with van der Waals surface area (Å²) in [5.74, 6) is -0.555. The van der Waals surface area contributed by atoms with E-state index in [1.54, 1.807) is 24.1 Å². The van der Waals surface area contributed by atoms with E-state index in [2.05, 4.69) is 5.32 Å². The number of benzene rings is 4. The number of nitrogens with one attached hydrogen (secondary N) is 1. The highest BCUT2D eigenvalue weighted by Crippen LogP contribution is 2.30. The molecule has 6 rings (SSSR count). The van der Waals surface area contributed by atoms with Crippen LogP contribution in [0.1, 0.15) is 34.7 Å². The molecule has 42 heavy (non-hydrogen) atoms. The molecule has 1 aliphatic rings. The lowest BCUT2D eigenvalue weighted by molar-refractivity contribution is -0.116. The molecule has 7 nitrogen and oxygen atoms in total. The third-order valence-electron chi connectivity index (χ3n) is 8.10. The van der Waals surface area contributed by atoms with Crippen LogP contribution < -0.4 is 11.0 Å². The van der Waals surface area contributed by atoms with E-state index in [4.69, 9.17) is 0 Å². The Balaban J connectivity index is 1.05.